The second kappa shape index (κ2) is 4.13. The number of aromatic hydroxyl groups is 1. The number of phenolic OH excluding ortho intramolecular Hbond substituents is 1. The molecule has 0 bridgehead atoms. The van der Waals surface area contributed by atoms with Gasteiger partial charge >= 0.3 is 0 Å². The van der Waals surface area contributed by atoms with Crippen molar-refractivity contribution in [3.63, 3.8) is 0 Å². The van der Waals surface area contributed by atoms with Crippen molar-refractivity contribution in [1.82, 2.24) is 0 Å². The Morgan fingerprint density at radius 3 is 2.64 bits per heavy atom. The topological polar surface area (TPSA) is 40.5 Å². The Labute approximate surface area is 82.3 Å². The molecule has 0 aliphatic rings. The number of aliphatic hydroxyl groups excluding tert-OH is 1. The number of aryl methyl sites for hydroxylation is 1. The molecule has 1 aromatic carbocycles. The maximum absolute atomic E-state index is 13.3. The molecule has 1 rings (SSSR count). The van der Waals surface area contributed by atoms with Gasteiger partial charge in [0.2, 0.25) is 0 Å². The van der Waals surface area contributed by atoms with Crippen molar-refractivity contribution in [3.05, 3.63) is 41.4 Å². The van der Waals surface area contributed by atoms with Gasteiger partial charge in [0.1, 0.15) is 11.6 Å². The van der Waals surface area contributed by atoms with E-state index in [0.29, 0.717) is 17.5 Å². The Kier molecular flexibility index (Phi) is 3.12. The van der Waals surface area contributed by atoms with Gasteiger partial charge in [0.15, 0.2) is 0 Å². The van der Waals surface area contributed by atoms with E-state index in [0.717, 1.165) is 6.07 Å². The number of allylic oxidation sites excluding steroid dienone is 1. The monoisotopic (exact) mass is 196 g/mol. The average molecular weight is 196 g/mol. The molecule has 0 atom stereocenters. The fraction of sp³-hybridized carbons (Fsp3) is 0.273. The number of aliphatic hydroxyl groups is 1. The Morgan fingerprint density at radius 2 is 2.14 bits per heavy atom. The standard InChI is InChI=1S/C11H13FO2/c1-3-8-5-9(14)6-11(12)10(8)4-7(2)13/h5-6,13-14H,2-4H2,1H3. The molecule has 3 heteroatoms. The van der Waals surface area contributed by atoms with Crippen molar-refractivity contribution in [2.24, 2.45) is 0 Å². The SMILES string of the molecule is C=C(O)Cc1c(F)cc(O)cc1CC. The first-order chi connectivity index (χ1) is 6.54. The van der Waals surface area contributed by atoms with Crippen LogP contribution in [0, 0.1) is 5.82 Å². The number of phenols is 1. The molecule has 0 aliphatic heterocycles. The Bertz CT molecular complexity index is 359. The normalized spacial score (nSPS) is 10.1. The minimum atomic E-state index is -0.503. The summed E-state index contributed by atoms with van der Waals surface area (Å²) in [6.45, 7) is 5.17. The van der Waals surface area contributed by atoms with Crippen molar-refractivity contribution in [3.8, 4) is 5.75 Å². The first-order valence-corrected chi connectivity index (χ1v) is 4.41. The zero-order valence-electron chi connectivity index (χ0n) is 8.05. The summed E-state index contributed by atoms with van der Waals surface area (Å²) >= 11 is 0. The van der Waals surface area contributed by atoms with E-state index in [1.54, 1.807) is 0 Å². The lowest BCUT2D eigenvalue weighted by atomic mass is 10.0. The van der Waals surface area contributed by atoms with E-state index in [4.69, 9.17) is 10.2 Å². The summed E-state index contributed by atoms with van der Waals surface area (Å²) in [6.07, 6.45) is 0.698. The van der Waals surface area contributed by atoms with Gasteiger partial charge in [-0.3, -0.25) is 0 Å². The minimum absolute atomic E-state index is 0.0794. The first kappa shape index (κ1) is 10.6. The summed E-state index contributed by atoms with van der Waals surface area (Å²) in [5, 5.41) is 18.2. The molecule has 0 fully saturated rings. The number of halogens is 1. The number of benzene rings is 1. The fourth-order valence-corrected chi connectivity index (χ4v) is 1.40. The quantitative estimate of drug-likeness (QED) is 0.730. The number of rotatable bonds is 3. The van der Waals surface area contributed by atoms with Crippen molar-refractivity contribution in [1.29, 1.82) is 0 Å². The molecule has 0 radical (unpaired) electrons. The van der Waals surface area contributed by atoms with Gasteiger partial charge in [-0.05, 0) is 23.6 Å². The first-order valence-electron chi connectivity index (χ1n) is 4.41. The van der Waals surface area contributed by atoms with Gasteiger partial charge in [0.25, 0.3) is 0 Å². The van der Waals surface area contributed by atoms with E-state index in [1.165, 1.54) is 6.07 Å². The van der Waals surface area contributed by atoms with E-state index in [-0.39, 0.29) is 17.9 Å². The van der Waals surface area contributed by atoms with Crippen LogP contribution < -0.4 is 0 Å². The third-order valence-corrected chi connectivity index (χ3v) is 2.03. The van der Waals surface area contributed by atoms with E-state index in [2.05, 4.69) is 6.58 Å². The van der Waals surface area contributed by atoms with E-state index < -0.39 is 5.82 Å². The Morgan fingerprint density at radius 1 is 1.50 bits per heavy atom. The molecule has 0 heterocycles. The molecule has 0 aromatic heterocycles. The van der Waals surface area contributed by atoms with Crippen LogP contribution in [0.4, 0.5) is 4.39 Å². The summed E-state index contributed by atoms with van der Waals surface area (Å²) in [4.78, 5) is 0. The van der Waals surface area contributed by atoms with Gasteiger partial charge in [0, 0.05) is 12.5 Å². The van der Waals surface area contributed by atoms with Crippen LogP contribution in [0.25, 0.3) is 0 Å². The molecular weight excluding hydrogens is 183 g/mol. The van der Waals surface area contributed by atoms with Gasteiger partial charge in [-0.15, -0.1) is 0 Å². The molecule has 2 N–H and O–H groups in total. The lowest BCUT2D eigenvalue weighted by molar-refractivity contribution is 0.397. The molecule has 1 aromatic rings. The Hall–Kier alpha value is -1.51. The average Bonchev–Trinajstić information content (AvgIpc) is 2.08. The third-order valence-electron chi connectivity index (χ3n) is 2.03. The fourth-order valence-electron chi connectivity index (χ4n) is 1.40. The molecule has 0 amide bonds. The summed E-state index contributed by atoms with van der Waals surface area (Å²) in [5.74, 6) is -0.673. The molecule has 2 nitrogen and oxygen atoms in total. The third kappa shape index (κ3) is 2.25. The van der Waals surface area contributed by atoms with Crippen LogP contribution in [0.2, 0.25) is 0 Å². The van der Waals surface area contributed by atoms with Gasteiger partial charge in [-0.2, -0.15) is 0 Å². The molecule has 0 aliphatic carbocycles. The highest BCUT2D eigenvalue weighted by Gasteiger charge is 2.10. The lowest BCUT2D eigenvalue weighted by Gasteiger charge is -2.09. The molecular formula is C11H13FO2. The molecule has 14 heavy (non-hydrogen) atoms. The maximum atomic E-state index is 13.3. The highest BCUT2D eigenvalue weighted by molar-refractivity contribution is 5.37. The second-order valence-corrected chi connectivity index (χ2v) is 3.16. The summed E-state index contributed by atoms with van der Waals surface area (Å²) in [6, 6.07) is 2.54. The predicted molar refractivity (Wildman–Crippen MR) is 52.9 cm³/mol. The number of hydrogen-bond acceptors (Lipinski definition) is 2. The van der Waals surface area contributed by atoms with Gasteiger partial charge in [0.05, 0.1) is 5.76 Å². The minimum Gasteiger partial charge on any atom is -0.513 e. The van der Waals surface area contributed by atoms with Gasteiger partial charge < -0.3 is 10.2 Å². The van der Waals surface area contributed by atoms with Crippen molar-refractivity contribution in [2.45, 2.75) is 19.8 Å². The zero-order chi connectivity index (χ0) is 10.7. The van der Waals surface area contributed by atoms with Crippen molar-refractivity contribution >= 4 is 0 Å². The molecule has 76 valence electrons. The van der Waals surface area contributed by atoms with Crippen LogP contribution in [0.5, 0.6) is 5.75 Å². The van der Waals surface area contributed by atoms with Crippen LogP contribution in [0.3, 0.4) is 0 Å². The lowest BCUT2D eigenvalue weighted by Crippen LogP contribution is -1.99. The molecule has 0 saturated heterocycles. The van der Waals surface area contributed by atoms with Gasteiger partial charge in [-0.1, -0.05) is 13.5 Å². The Balaban J connectivity index is 3.18. The van der Waals surface area contributed by atoms with E-state index >= 15 is 0 Å². The van der Waals surface area contributed by atoms with Crippen LogP contribution >= 0.6 is 0 Å². The predicted octanol–water partition coefficient (Wildman–Crippen LogP) is 2.71. The summed E-state index contributed by atoms with van der Waals surface area (Å²) in [7, 11) is 0. The summed E-state index contributed by atoms with van der Waals surface area (Å²) < 4.78 is 13.3. The smallest absolute Gasteiger partial charge is 0.130 e. The zero-order valence-corrected chi connectivity index (χ0v) is 8.05. The molecule has 0 spiro atoms. The largest absolute Gasteiger partial charge is 0.513 e. The molecule has 0 saturated carbocycles. The number of hydrogen-bond donors (Lipinski definition) is 2. The van der Waals surface area contributed by atoms with Crippen LogP contribution in [0.1, 0.15) is 18.1 Å². The highest BCUT2D eigenvalue weighted by Crippen LogP contribution is 2.22. The van der Waals surface area contributed by atoms with E-state index in [9.17, 15) is 4.39 Å². The van der Waals surface area contributed by atoms with Crippen LogP contribution in [-0.4, -0.2) is 10.2 Å². The second-order valence-electron chi connectivity index (χ2n) is 3.16. The maximum Gasteiger partial charge on any atom is 0.130 e. The van der Waals surface area contributed by atoms with Crippen molar-refractivity contribution < 1.29 is 14.6 Å². The van der Waals surface area contributed by atoms with Gasteiger partial charge in [-0.25, -0.2) is 4.39 Å². The van der Waals surface area contributed by atoms with Crippen LogP contribution in [-0.2, 0) is 12.8 Å². The highest BCUT2D eigenvalue weighted by atomic mass is 19.1. The van der Waals surface area contributed by atoms with E-state index in [1.807, 2.05) is 6.92 Å². The van der Waals surface area contributed by atoms with Crippen LogP contribution in [0.15, 0.2) is 24.5 Å². The van der Waals surface area contributed by atoms with Crippen molar-refractivity contribution in [2.75, 3.05) is 0 Å². The summed E-state index contributed by atoms with van der Waals surface area (Å²) in [5.41, 5.74) is 1.09. The molecule has 0 unspecified atom stereocenters.